The van der Waals surface area contributed by atoms with Crippen LogP contribution in [0.2, 0.25) is 0 Å². The van der Waals surface area contributed by atoms with Crippen molar-refractivity contribution in [1.82, 2.24) is 4.31 Å². The molecule has 0 spiro atoms. The van der Waals surface area contributed by atoms with E-state index in [0.29, 0.717) is 19.0 Å². The van der Waals surface area contributed by atoms with Crippen molar-refractivity contribution in [2.75, 3.05) is 13.1 Å². The predicted molar refractivity (Wildman–Crippen MR) is 69.6 cm³/mol. The Morgan fingerprint density at radius 3 is 2.33 bits per heavy atom. The van der Waals surface area contributed by atoms with E-state index in [1.54, 1.807) is 4.31 Å². The van der Waals surface area contributed by atoms with Crippen molar-refractivity contribution in [1.29, 1.82) is 0 Å². The highest BCUT2D eigenvalue weighted by Crippen LogP contribution is 2.40. The standard InChI is InChI=1S/C13H23NO3S/c15-13-7-6-10-8-14(9-12(10)13)18(16,17)11-4-2-1-3-5-11/h10-13,15H,1-9H2. The van der Waals surface area contributed by atoms with E-state index in [9.17, 15) is 13.5 Å². The van der Waals surface area contributed by atoms with Gasteiger partial charge in [-0.2, -0.15) is 0 Å². The minimum atomic E-state index is -3.10. The zero-order valence-electron chi connectivity index (χ0n) is 10.8. The van der Waals surface area contributed by atoms with E-state index in [0.717, 1.165) is 38.5 Å². The first-order valence-corrected chi connectivity index (χ1v) is 8.76. The van der Waals surface area contributed by atoms with Crippen LogP contribution in [0.3, 0.4) is 0 Å². The smallest absolute Gasteiger partial charge is 0.216 e. The van der Waals surface area contributed by atoms with Crippen molar-refractivity contribution >= 4 is 10.0 Å². The predicted octanol–water partition coefficient (Wildman–Crippen LogP) is 1.35. The van der Waals surface area contributed by atoms with Crippen LogP contribution in [0, 0.1) is 11.8 Å². The summed E-state index contributed by atoms with van der Waals surface area (Å²) in [5, 5.41) is 9.72. The number of fused-ring (bicyclic) bond motifs is 1. The lowest BCUT2D eigenvalue weighted by molar-refractivity contribution is 0.129. The molecule has 0 aromatic rings. The molecule has 1 heterocycles. The molecule has 2 saturated carbocycles. The van der Waals surface area contributed by atoms with Crippen LogP contribution in [0.1, 0.15) is 44.9 Å². The Balaban J connectivity index is 1.71. The quantitative estimate of drug-likeness (QED) is 0.826. The van der Waals surface area contributed by atoms with Gasteiger partial charge in [-0.25, -0.2) is 12.7 Å². The Morgan fingerprint density at radius 2 is 1.67 bits per heavy atom. The molecule has 1 N–H and O–H groups in total. The van der Waals surface area contributed by atoms with Gasteiger partial charge < -0.3 is 5.11 Å². The molecule has 0 aromatic carbocycles. The van der Waals surface area contributed by atoms with E-state index in [4.69, 9.17) is 0 Å². The Bertz CT molecular complexity index is 402. The summed E-state index contributed by atoms with van der Waals surface area (Å²) in [6.45, 7) is 1.21. The summed E-state index contributed by atoms with van der Waals surface area (Å²) in [4.78, 5) is 0. The average Bonchev–Trinajstić information content (AvgIpc) is 2.94. The van der Waals surface area contributed by atoms with Gasteiger partial charge in [-0.15, -0.1) is 0 Å². The van der Waals surface area contributed by atoms with E-state index in [2.05, 4.69) is 0 Å². The number of hydrogen-bond donors (Lipinski definition) is 1. The monoisotopic (exact) mass is 273 g/mol. The van der Waals surface area contributed by atoms with Gasteiger partial charge in [-0.1, -0.05) is 19.3 Å². The van der Waals surface area contributed by atoms with Gasteiger partial charge in [-0.05, 0) is 31.6 Å². The highest BCUT2D eigenvalue weighted by atomic mass is 32.2. The van der Waals surface area contributed by atoms with Crippen LogP contribution in [0.25, 0.3) is 0 Å². The van der Waals surface area contributed by atoms with Gasteiger partial charge in [0.25, 0.3) is 0 Å². The van der Waals surface area contributed by atoms with Gasteiger partial charge in [0.05, 0.1) is 11.4 Å². The fourth-order valence-electron chi connectivity index (χ4n) is 3.98. The summed E-state index contributed by atoms with van der Waals surface area (Å²) >= 11 is 0. The molecule has 1 aliphatic heterocycles. The molecule has 18 heavy (non-hydrogen) atoms. The number of hydrogen-bond acceptors (Lipinski definition) is 3. The molecular weight excluding hydrogens is 250 g/mol. The van der Waals surface area contributed by atoms with Gasteiger partial charge in [0.1, 0.15) is 0 Å². The van der Waals surface area contributed by atoms with Gasteiger partial charge in [0.15, 0.2) is 0 Å². The van der Waals surface area contributed by atoms with Crippen LogP contribution in [-0.4, -0.2) is 42.3 Å². The first kappa shape index (κ1) is 12.9. The molecule has 0 aromatic heterocycles. The number of aliphatic hydroxyl groups excluding tert-OH is 1. The highest BCUT2D eigenvalue weighted by molar-refractivity contribution is 7.89. The first-order chi connectivity index (χ1) is 8.59. The number of sulfonamides is 1. The number of nitrogens with zero attached hydrogens (tertiary/aromatic N) is 1. The van der Waals surface area contributed by atoms with Crippen LogP contribution < -0.4 is 0 Å². The largest absolute Gasteiger partial charge is 0.393 e. The number of rotatable bonds is 2. The molecule has 0 amide bonds. The fourth-order valence-corrected chi connectivity index (χ4v) is 6.11. The highest BCUT2D eigenvalue weighted by Gasteiger charge is 2.47. The summed E-state index contributed by atoms with van der Waals surface area (Å²) in [6.07, 6.45) is 6.50. The summed E-state index contributed by atoms with van der Waals surface area (Å²) in [7, 11) is -3.10. The van der Waals surface area contributed by atoms with E-state index >= 15 is 0 Å². The van der Waals surface area contributed by atoms with Crippen molar-refractivity contribution in [3.05, 3.63) is 0 Å². The summed E-state index contributed by atoms with van der Waals surface area (Å²) < 4.78 is 26.8. The first-order valence-electron chi connectivity index (χ1n) is 7.26. The summed E-state index contributed by atoms with van der Waals surface area (Å²) in [6, 6.07) is 0. The lowest BCUT2D eigenvalue weighted by atomic mass is 10.00. The van der Waals surface area contributed by atoms with Crippen LogP contribution in [0.15, 0.2) is 0 Å². The Morgan fingerprint density at radius 1 is 0.944 bits per heavy atom. The zero-order chi connectivity index (χ0) is 12.8. The van der Waals surface area contributed by atoms with E-state index in [1.165, 1.54) is 6.42 Å². The van der Waals surface area contributed by atoms with Gasteiger partial charge in [0, 0.05) is 19.0 Å². The van der Waals surface area contributed by atoms with Crippen molar-refractivity contribution in [2.45, 2.75) is 56.3 Å². The second-order valence-electron chi connectivity index (χ2n) is 6.19. The Hall–Kier alpha value is -0.130. The molecule has 1 saturated heterocycles. The molecule has 3 aliphatic rings. The minimum absolute atomic E-state index is 0.151. The Kier molecular flexibility index (Phi) is 3.41. The van der Waals surface area contributed by atoms with Gasteiger partial charge in [-0.3, -0.25) is 0 Å². The molecule has 3 rings (SSSR count). The van der Waals surface area contributed by atoms with Crippen LogP contribution in [0.4, 0.5) is 0 Å². The topological polar surface area (TPSA) is 57.6 Å². The molecule has 104 valence electrons. The molecule has 3 fully saturated rings. The van der Waals surface area contributed by atoms with E-state index in [1.807, 2.05) is 0 Å². The van der Waals surface area contributed by atoms with Gasteiger partial charge >= 0.3 is 0 Å². The summed E-state index contributed by atoms with van der Waals surface area (Å²) in [5.41, 5.74) is 0. The van der Waals surface area contributed by atoms with E-state index in [-0.39, 0.29) is 17.3 Å². The molecule has 4 nitrogen and oxygen atoms in total. The normalized spacial score (nSPS) is 39.1. The third-order valence-corrected chi connectivity index (χ3v) is 7.45. The van der Waals surface area contributed by atoms with Gasteiger partial charge in [0.2, 0.25) is 10.0 Å². The van der Waals surface area contributed by atoms with Crippen LogP contribution in [0.5, 0.6) is 0 Å². The number of aliphatic hydroxyl groups is 1. The fraction of sp³-hybridized carbons (Fsp3) is 1.00. The molecule has 2 aliphatic carbocycles. The van der Waals surface area contributed by atoms with Crippen LogP contribution in [-0.2, 0) is 10.0 Å². The van der Waals surface area contributed by atoms with E-state index < -0.39 is 10.0 Å². The maximum absolute atomic E-state index is 12.6. The van der Waals surface area contributed by atoms with Crippen molar-refractivity contribution in [2.24, 2.45) is 11.8 Å². The summed E-state index contributed by atoms with van der Waals surface area (Å²) in [5.74, 6) is 0.599. The SMILES string of the molecule is O=S(=O)(C1CCCCC1)N1CC2CCC(O)C2C1. The lowest BCUT2D eigenvalue weighted by Gasteiger charge is -2.27. The minimum Gasteiger partial charge on any atom is -0.393 e. The molecular formula is C13H23NO3S. The lowest BCUT2D eigenvalue weighted by Crippen LogP contribution is -2.39. The maximum Gasteiger partial charge on any atom is 0.216 e. The molecule has 3 unspecified atom stereocenters. The van der Waals surface area contributed by atoms with Crippen molar-refractivity contribution in [3.8, 4) is 0 Å². The van der Waals surface area contributed by atoms with Crippen molar-refractivity contribution < 1.29 is 13.5 Å². The maximum atomic E-state index is 12.6. The molecule has 0 bridgehead atoms. The van der Waals surface area contributed by atoms with Crippen LogP contribution >= 0.6 is 0 Å². The molecule has 0 radical (unpaired) electrons. The second-order valence-corrected chi connectivity index (χ2v) is 8.40. The Labute approximate surface area is 109 Å². The average molecular weight is 273 g/mol. The molecule has 3 atom stereocenters. The zero-order valence-corrected chi connectivity index (χ0v) is 11.6. The third-order valence-electron chi connectivity index (χ3n) is 5.12. The second kappa shape index (κ2) is 4.76. The third kappa shape index (κ3) is 2.10. The van der Waals surface area contributed by atoms with Crippen molar-refractivity contribution in [3.63, 3.8) is 0 Å². The molecule has 5 heteroatoms.